The van der Waals surface area contributed by atoms with Crippen LogP contribution < -0.4 is 0 Å². The van der Waals surface area contributed by atoms with E-state index in [0.29, 0.717) is 10.6 Å². The summed E-state index contributed by atoms with van der Waals surface area (Å²) in [5.41, 5.74) is 1.68. The minimum atomic E-state index is -0.417. The summed E-state index contributed by atoms with van der Waals surface area (Å²) in [5, 5.41) is 17.4. The van der Waals surface area contributed by atoms with Crippen molar-refractivity contribution in [2.45, 2.75) is 6.92 Å². The number of aromatic amines is 1. The Hall–Kier alpha value is -2.02. The van der Waals surface area contributed by atoms with Crippen LogP contribution in [0.5, 0.6) is 0 Å². The fourth-order valence-corrected chi connectivity index (χ4v) is 1.73. The number of rotatable bonds is 2. The van der Waals surface area contributed by atoms with Crippen molar-refractivity contribution in [2.75, 3.05) is 0 Å². The van der Waals surface area contributed by atoms with E-state index in [2.05, 4.69) is 10.2 Å². The highest BCUT2D eigenvalue weighted by molar-refractivity contribution is 7.71. The number of nitrogens with zero attached hydrogens (tertiary/aromatic N) is 3. The van der Waals surface area contributed by atoms with Gasteiger partial charge in [-0.15, -0.1) is 0 Å². The Morgan fingerprint density at radius 2 is 2.24 bits per heavy atom. The van der Waals surface area contributed by atoms with Gasteiger partial charge in [0.15, 0.2) is 10.6 Å². The van der Waals surface area contributed by atoms with E-state index in [1.165, 1.54) is 12.1 Å². The summed E-state index contributed by atoms with van der Waals surface area (Å²) in [4.78, 5) is 10.2. The average molecular weight is 250 g/mol. The maximum absolute atomic E-state index is 10.6. The third-order valence-corrected chi connectivity index (χ3v) is 2.91. The molecule has 88 valence electrons. The largest absolute Gasteiger partial charge is 0.303 e. The number of nitro benzene ring substituents is 1. The normalized spacial score (nSPS) is 10.5. The van der Waals surface area contributed by atoms with Gasteiger partial charge >= 0.3 is 0 Å². The molecule has 1 aromatic heterocycles. The molecule has 0 amide bonds. The molecule has 0 aliphatic heterocycles. The van der Waals surface area contributed by atoms with Crippen molar-refractivity contribution in [1.29, 1.82) is 0 Å². The van der Waals surface area contributed by atoms with Gasteiger partial charge in [-0.2, -0.15) is 5.10 Å². The van der Waals surface area contributed by atoms with E-state index < -0.39 is 4.92 Å². The van der Waals surface area contributed by atoms with Gasteiger partial charge in [0.1, 0.15) is 0 Å². The molecular formula is C10H10N4O2S. The van der Waals surface area contributed by atoms with Gasteiger partial charge in [-0.1, -0.05) is 0 Å². The molecule has 0 radical (unpaired) electrons. The molecule has 0 aliphatic rings. The van der Waals surface area contributed by atoms with E-state index in [9.17, 15) is 10.1 Å². The van der Waals surface area contributed by atoms with Crippen molar-refractivity contribution in [3.05, 3.63) is 38.6 Å². The van der Waals surface area contributed by atoms with Crippen LogP contribution in [0.15, 0.2) is 18.2 Å². The second-order valence-electron chi connectivity index (χ2n) is 3.67. The van der Waals surface area contributed by atoms with Crippen molar-refractivity contribution in [2.24, 2.45) is 7.05 Å². The minimum Gasteiger partial charge on any atom is -0.303 e. The lowest BCUT2D eigenvalue weighted by Crippen LogP contribution is -1.96. The van der Waals surface area contributed by atoms with E-state index >= 15 is 0 Å². The SMILES string of the molecule is Cc1cc([N+](=O)[O-])ccc1-c1n[nH]c(=S)n1C. The second-order valence-corrected chi connectivity index (χ2v) is 4.05. The van der Waals surface area contributed by atoms with E-state index in [1.807, 2.05) is 0 Å². The summed E-state index contributed by atoms with van der Waals surface area (Å²) in [5.74, 6) is 0.669. The van der Waals surface area contributed by atoms with Gasteiger partial charge in [-0.25, -0.2) is 0 Å². The van der Waals surface area contributed by atoms with Gasteiger partial charge in [-0.05, 0) is 30.8 Å². The van der Waals surface area contributed by atoms with Crippen molar-refractivity contribution in [3.63, 3.8) is 0 Å². The summed E-state index contributed by atoms with van der Waals surface area (Å²) >= 11 is 5.02. The van der Waals surface area contributed by atoms with Crippen LogP contribution in [0.2, 0.25) is 0 Å². The van der Waals surface area contributed by atoms with Gasteiger partial charge in [0, 0.05) is 24.7 Å². The standard InChI is InChI=1S/C10H10N4O2S/c1-6-5-7(14(15)16)3-4-8(6)9-11-12-10(17)13(9)2/h3-5H,1-2H3,(H,12,17). The van der Waals surface area contributed by atoms with Gasteiger partial charge < -0.3 is 4.57 Å². The molecule has 0 saturated carbocycles. The molecule has 7 heteroatoms. The Kier molecular flexibility index (Phi) is 2.76. The van der Waals surface area contributed by atoms with Crippen molar-refractivity contribution in [1.82, 2.24) is 14.8 Å². The van der Waals surface area contributed by atoms with E-state index in [0.717, 1.165) is 11.1 Å². The lowest BCUT2D eigenvalue weighted by molar-refractivity contribution is -0.384. The zero-order valence-corrected chi connectivity index (χ0v) is 10.1. The number of nitro groups is 1. The smallest absolute Gasteiger partial charge is 0.269 e. The predicted octanol–water partition coefficient (Wildman–Crippen LogP) is 2.36. The van der Waals surface area contributed by atoms with E-state index in [-0.39, 0.29) is 5.69 Å². The van der Waals surface area contributed by atoms with Crippen LogP contribution >= 0.6 is 12.2 Å². The first-order valence-electron chi connectivity index (χ1n) is 4.87. The Balaban J connectivity index is 2.58. The molecule has 0 aliphatic carbocycles. The zero-order valence-electron chi connectivity index (χ0n) is 9.30. The number of nitrogens with one attached hydrogen (secondary N) is 1. The molecule has 1 aromatic carbocycles. The third-order valence-electron chi connectivity index (χ3n) is 2.54. The summed E-state index contributed by atoms with van der Waals surface area (Å²) in [6, 6.07) is 4.66. The Morgan fingerprint density at radius 3 is 2.71 bits per heavy atom. The van der Waals surface area contributed by atoms with Gasteiger partial charge in [-0.3, -0.25) is 15.2 Å². The Bertz CT molecular complexity index is 644. The van der Waals surface area contributed by atoms with Crippen LogP contribution in [-0.4, -0.2) is 19.7 Å². The second kappa shape index (κ2) is 4.10. The Morgan fingerprint density at radius 1 is 1.53 bits per heavy atom. The van der Waals surface area contributed by atoms with Crippen LogP contribution in [0.1, 0.15) is 5.56 Å². The average Bonchev–Trinajstić information content (AvgIpc) is 2.60. The molecule has 0 bridgehead atoms. The molecular weight excluding hydrogens is 240 g/mol. The summed E-state index contributed by atoms with van der Waals surface area (Å²) in [6.07, 6.45) is 0. The maximum atomic E-state index is 10.6. The molecule has 0 fully saturated rings. The van der Waals surface area contributed by atoms with Crippen LogP contribution in [0, 0.1) is 21.8 Å². The minimum absolute atomic E-state index is 0.0723. The lowest BCUT2D eigenvalue weighted by Gasteiger charge is -2.04. The molecule has 6 nitrogen and oxygen atoms in total. The topological polar surface area (TPSA) is 76.8 Å². The number of hydrogen-bond acceptors (Lipinski definition) is 4. The van der Waals surface area contributed by atoms with E-state index in [1.54, 1.807) is 24.6 Å². The third kappa shape index (κ3) is 1.96. The molecule has 1 N–H and O–H groups in total. The highest BCUT2D eigenvalue weighted by Crippen LogP contribution is 2.24. The van der Waals surface area contributed by atoms with Gasteiger partial charge in [0.25, 0.3) is 5.69 Å². The number of H-pyrrole nitrogens is 1. The van der Waals surface area contributed by atoms with Crippen LogP contribution in [0.3, 0.4) is 0 Å². The van der Waals surface area contributed by atoms with Gasteiger partial charge in [0.05, 0.1) is 4.92 Å². The molecule has 0 spiro atoms. The number of aryl methyl sites for hydroxylation is 1. The molecule has 1 heterocycles. The van der Waals surface area contributed by atoms with Crippen LogP contribution in [-0.2, 0) is 7.05 Å². The van der Waals surface area contributed by atoms with Crippen LogP contribution in [0.4, 0.5) is 5.69 Å². The molecule has 0 saturated heterocycles. The first-order chi connectivity index (χ1) is 8.00. The fraction of sp³-hybridized carbons (Fsp3) is 0.200. The molecule has 2 rings (SSSR count). The van der Waals surface area contributed by atoms with Crippen molar-refractivity contribution in [3.8, 4) is 11.4 Å². The quantitative estimate of drug-likeness (QED) is 0.504. The summed E-state index contributed by atoms with van der Waals surface area (Å²) < 4.78 is 2.24. The molecule has 17 heavy (non-hydrogen) atoms. The zero-order chi connectivity index (χ0) is 12.6. The van der Waals surface area contributed by atoms with Gasteiger partial charge in [0.2, 0.25) is 0 Å². The van der Waals surface area contributed by atoms with Crippen molar-refractivity contribution < 1.29 is 4.92 Å². The van der Waals surface area contributed by atoms with E-state index in [4.69, 9.17) is 12.2 Å². The monoisotopic (exact) mass is 250 g/mol. The Labute approximate surface area is 102 Å². The predicted molar refractivity (Wildman–Crippen MR) is 65.2 cm³/mol. The van der Waals surface area contributed by atoms with Crippen LogP contribution in [0.25, 0.3) is 11.4 Å². The highest BCUT2D eigenvalue weighted by Gasteiger charge is 2.12. The number of non-ortho nitro benzene ring substituents is 1. The fourth-order valence-electron chi connectivity index (χ4n) is 1.60. The first kappa shape index (κ1) is 11.5. The lowest BCUT2D eigenvalue weighted by atomic mass is 10.1. The molecule has 0 atom stereocenters. The maximum Gasteiger partial charge on any atom is 0.269 e. The highest BCUT2D eigenvalue weighted by atomic mass is 32.1. The first-order valence-corrected chi connectivity index (χ1v) is 5.28. The number of aromatic nitrogens is 3. The number of benzene rings is 1. The number of hydrogen-bond donors (Lipinski definition) is 1. The molecule has 0 unspecified atom stereocenters. The summed E-state index contributed by atoms with van der Waals surface area (Å²) in [7, 11) is 1.79. The van der Waals surface area contributed by atoms with Crippen molar-refractivity contribution >= 4 is 17.9 Å². The molecule has 2 aromatic rings. The summed E-state index contributed by atoms with van der Waals surface area (Å²) in [6.45, 7) is 1.81.